The molecule has 0 spiro atoms. The number of likely N-dealkylation sites (N-methyl/N-ethyl adjacent to an activating group) is 1. The van der Waals surface area contributed by atoms with Crippen molar-refractivity contribution in [3.8, 4) is 0 Å². The summed E-state index contributed by atoms with van der Waals surface area (Å²) in [7, 11) is 0. The van der Waals surface area contributed by atoms with Gasteiger partial charge in [-0.2, -0.15) is 0 Å². The predicted molar refractivity (Wildman–Crippen MR) is 62.3 cm³/mol. The fourth-order valence-electron chi connectivity index (χ4n) is 2.52. The molecule has 2 fully saturated rings. The van der Waals surface area contributed by atoms with Crippen molar-refractivity contribution in [1.29, 1.82) is 0 Å². The average molecular weight is 226 g/mol. The SMILES string of the molecule is CCN(CC1CCCO1)C(=O)[C@H]1CCCN1. The molecule has 4 heteroatoms. The Morgan fingerprint density at radius 2 is 2.31 bits per heavy atom. The maximum Gasteiger partial charge on any atom is 0.239 e. The van der Waals surface area contributed by atoms with Crippen molar-refractivity contribution < 1.29 is 9.53 Å². The summed E-state index contributed by atoms with van der Waals surface area (Å²) in [6, 6.07) is 0.0568. The Morgan fingerprint density at radius 1 is 1.44 bits per heavy atom. The number of hydrogen-bond acceptors (Lipinski definition) is 3. The molecule has 1 unspecified atom stereocenters. The Hall–Kier alpha value is -0.610. The Morgan fingerprint density at radius 3 is 2.88 bits per heavy atom. The lowest BCUT2D eigenvalue weighted by atomic mass is 10.1. The van der Waals surface area contributed by atoms with Gasteiger partial charge in [0.1, 0.15) is 0 Å². The summed E-state index contributed by atoms with van der Waals surface area (Å²) in [6.07, 6.45) is 4.61. The van der Waals surface area contributed by atoms with Gasteiger partial charge in [-0.1, -0.05) is 0 Å². The predicted octanol–water partition coefficient (Wildman–Crippen LogP) is 0.766. The normalized spacial score (nSPS) is 29.6. The number of amides is 1. The molecule has 2 atom stereocenters. The maximum absolute atomic E-state index is 12.2. The molecule has 2 aliphatic heterocycles. The first kappa shape index (κ1) is 11.9. The lowest BCUT2D eigenvalue weighted by molar-refractivity contribution is -0.134. The molecule has 92 valence electrons. The van der Waals surface area contributed by atoms with Crippen molar-refractivity contribution in [1.82, 2.24) is 10.2 Å². The van der Waals surface area contributed by atoms with Crippen molar-refractivity contribution in [2.24, 2.45) is 0 Å². The molecule has 1 N–H and O–H groups in total. The maximum atomic E-state index is 12.2. The van der Waals surface area contributed by atoms with Gasteiger partial charge in [-0.15, -0.1) is 0 Å². The Balaban J connectivity index is 1.84. The number of hydrogen-bond donors (Lipinski definition) is 1. The summed E-state index contributed by atoms with van der Waals surface area (Å²) < 4.78 is 5.58. The van der Waals surface area contributed by atoms with E-state index in [-0.39, 0.29) is 18.1 Å². The number of rotatable bonds is 4. The van der Waals surface area contributed by atoms with Gasteiger partial charge in [0.15, 0.2) is 0 Å². The quantitative estimate of drug-likeness (QED) is 0.769. The van der Waals surface area contributed by atoms with Gasteiger partial charge in [0.05, 0.1) is 12.1 Å². The molecule has 2 saturated heterocycles. The van der Waals surface area contributed by atoms with Crippen LogP contribution in [0.25, 0.3) is 0 Å². The molecular formula is C12H22N2O2. The van der Waals surface area contributed by atoms with Crippen LogP contribution in [0.4, 0.5) is 0 Å². The molecule has 2 heterocycles. The summed E-state index contributed by atoms with van der Waals surface area (Å²) in [5.74, 6) is 0.260. The smallest absolute Gasteiger partial charge is 0.239 e. The van der Waals surface area contributed by atoms with Crippen molar-refractivity contribution >= 4 is 5.91 Å². The molecule has 0 aromatic carbocycles. The number of carbonyl (C=O) groups is 1. The highest BCUT2D eigenvalue weighted by molar-refractivity contribution is 5.82. The molecular weight excluding hydrogens is 204 g/mol. The van der Waals surface area contributed by atoms with Crippen LogP contribution in [0.1, 0.15) is 32.6 Å². The van der Waals surface area contributed by atoms with E-state index in [0.29, 0.717) is 0 Å². The number of carbonyl (C=O) groups excluding carboxylic acids is 1. The van der Waals surface area contributed by atoms with Crippen LogP contribution in [-0.2, 0) is 9.53 Å². The summed E-state index contributed by atoms with van der Waals surface area (Å²) >= 11 is 0. The summed E-state index contributed by atoms with van der Waals surface area (Å²) in [5.41, 5.74) is 0. The monoisotopic (exact) mass is 226 g/mol. The van der Waals surface area contributed by atoms with Crippen LogP contribution in [-0.4, -0.2) is 49.2 Å². The second-order valence-corrected chi connectivity index (χ2v) is 4.66. The molecule has 16 heavy (non-hydrogen) atoms. The third-order valence-corrected chi connectivity index (χ3v) is 3.50. The molecule has 0 radical (unpaired) electrons. The first-order valence-electron chi connectivity index (χ1n) is 6.45. The van der Waals surface area contributed by atoms with Gasteiger partial charge in [-0.05, 0) is 39.2 Å². The second kappa shape index (κ2) is 5.64. The topological polar surface area (TPSA) is 41.6 Å². The minimum Gasteiger partial charge on any atom is -0.376 e. The number of nitrogens with one attached hydrogen (secondary N) is 1. The molecule has 2 aliphatic rings. The van der Waals surface area contributed by atoms with E-state index in [1.165, 1.54) is 0 Å². The highest BCUT2D eigenvalue weighted by Crippen LogP contribution is 2.15. The van der Waals surface area contributed by atoms with Crippen molar-refractivity contribution in [2.75, 3.05) is 26.2 Å². The van der Waals surface area contributed by atoms with Gasteiger partial charge in [0.2, 0.25) is 5.91 Å². The summed E-state index contributed by atoms with van der Waals surface area (Å²) in [5, 5.41) is 3.26. The van der Waals surface area contributed by atoms with E-state index in [9.17, 15) is 4.79 Å². The highest BCUT2D eigenvalue weighted by Gasteiger charge is 2.28. The molecule has 1 amide bonds. The molecule has 0 aromatic heterocycles. The van der Waals surface area contributed by atoms with Gasteiger partial charge in [-0.3, -0.25) is 4.79 Å². The van der Waals surface area contributed by atoms with Crippen molar-refractivity contribution in [3.63, 3.8) is 0 Å². The zero-order chi connectivity index (χ0) is 11.4. The number of ether oxygens (including phenoxy) is 1. The van der Waals surface area contributed by atoms with Crippen LogP contribution in [0.5, 0.6) is 0 Å². The Labute approximate surface area is 97.3 Å². The van der Waals surface area contributed by atoms with E-state index in [0.717, 1.165) is 51.9 Å². The Kier molecular flexibility index (Phi) is 4.18. The molecule has 2 rings (SSSR count). The van der Waals surface area contributed by atoms with E-state index in [1.807, 2.05) is 11.8 Å². The van der Waals surface area contributed by atoms with Gasteiger partial charge >= 0.3 is 0 Å². The molecule has 4 nitrogen and oxygen atoms in total. The lowest BCUT2D eigenvalue weighted by Gasteiger charge is -2.26. The van der Waals surface area contributed by atoms with Gasteiger partial charge in [0, 0.05) is 19.7 Å². The van der Waals surface area contributed by atoms with E-state index < -0.39 is 0 Å². The van der Waals surface area contributed by atoms with Gasteiger partial charge in [0.25, 0.3) is 0 Å². The minimum atomic E-state index is 0.0568. The first-order valence-corrected chi connectivity index (χ1v) is 6.45. The van der Waals surface area contributed by atoms with Crippen LogP contribution in [0.15, 0.2) is 0 Å². The van der Waals surface area contributed by atoms with Crippen LogP contribution < -0.4 is 5.32 Å². The largest absolute Gasteiger partial charge is 0.376 e. The van der Waals surface area contributed by atoms with Crippen LogP contribution in [0.2, 0.25) is 0 Å². The zero-order valence-electron chi connectivity index (χ0n) is 10.1. The van der Waals surface area contributed by atoms with Crippen LogP contribution in [0, 0.1) is 0 Å². The van der Waals surface area contributed by atoms with Crippen molar-refractivity contribution in [3.05, 3.63) is 0 Å². The van der Waals surface area contributed by atoms with Crippen LogP contribution >= 0.6 is 0 Å². The molecule has 0 bridgehead atoms. The summed E-state index contributed by atoms with van der Waals surface area (Å²) in [6.45, 7) is 5.44. The van der Waals surface area contributed by atoms with Gasteiger partial charge < -0.3 is 15.0 Å². The molecule has 0 aliphatic carbocycles. The van der Waals surface area contributed by atoms with E-state index in [1.54, 1.807) is 0 Å². The third kappa shape index (κ3) is 2.74. The molecule has 0 aromatic rings. The zero-order valence-corrected chi connectivity index (χ0v) is 10.1. The number of nitrogens with zero attached hydrogens (tertiary/aromatic N) is 1. The van der Waals surface area contributed by atoms with Crippen molar-refractivity contribution in [2.45, 2.75) is 44.8 Å². The van der Waals surface area contributed by atoms with Gasteiger partial charge in [-0.25, -0.2) is 0 Å². The van der Waals surface area contributed by atoms with E-state index in [2.05, 4.69) is 5.32 Å². The third-order valence-electron chi connectivity index (χ3n) is 3.50. The summed E-state index contributed by atoms with van der Waals surface area (Å²) in [4.78, 5) is 14.1. The fourth-order valence-corrected chi connectivity index (χ4v) is 2.52. The fraction of sp³-hybridized carbons (Fsp3) is 0.917. The second-order valence-electron chi connectivity index (χ2n) is 4.66. The Bertz CT molecular complexity index is 233. The van der Waals surface area contributed by atoms with E-state index in [4.69, 9.17) is 4.74 Å². The lowest BCUT2D eigenvalue weighted by Crippen LogP contribution is -2.46. The standard InChI is InChI=1S/C12H22N2O2/c1-2-14(9-10-5-4-8-16-10)12(15)11-6-3-7-13-11/h10-11,13H,2-9H2,1H3/t10?,11-/m1/s1. The molecule has 0 saturated carbocycles. The van der Waals surface area contributed by atoms with Crippen LogP contribution in [0.3, 0.4) is 0 Å². The first-order chi connectivity index (χ1) is 7.81. The minimum absolute atomic E-state index is 0.0568. The van der Waals surface area contributed by atoms with E-state index >= 15 is 0 Å². The average Bonchev–Trinajstić information content (AvgIpc) is 2.97. The highest BCUT2D eigenvalue weighted by atomic mass is 16.5.